The Balaban J connectivity index is 1.56. The fourth-order valence-electron chi connectivity index (χ4n) is 5.79. The Hall–Kier alpha value is -5.04. The van der Waals surface area contributed by atoms with Crippen LogP contribution in [0.15, 0.2) is 94.7 Å². The Bertz CT molecular complexity index is 2290. The van der Waals surface area contributed by atoms with Crippen molar-refractivity contribution in [2.75, 3.05) is 42.7 Å². The second kappa shape index (κ2) is 17.0. The van der Waals surface area contributed by atoms with Crippen molar-refractivity contribution in [3.05, 3.63) is 123 Å². The van der Waals surface area contributed by atoms with E-state index in [4.69, 9.17) is 26.3 Å². The molecule has 0 aliphatic heterocycles. The third kappa shape index (κ3) is 9.64. The standard InChI is InChI=1S/C39H43ClN6O5S/c1-6-45(22-20-41-52(5,49)50)29-17-18-32(27(3)25-29)42-36(38(47)44-34-15-10-8-13-31(34)40)37-43-33-14-9-7-12-30(33)39(48)46(37)21-11-23-51-35-19-16-26(2)24-28(35)4/h7-10,12-19,24-25,41H,6,11,20-23H2,1-5H3,(H,44,47). The highest BCUT2D eigenvalue weighted by Gasteiger charge is 2.24. The molecule has 1 amide bonds. The van der Waals surface area contributed by atoms with E-state index in [1.807, 2.05) is 56.9 Å². The summed E-state index contributed by atoms with van der Waals surface area (Å²) in [7, 11) is -3.32. The molecule has 52 heavy (non-hydrogen) atoms. The van der Waals surface area contributed by atoms with E-state index in [1.165, 1.54) is 4.57 Å². The molecule has 13 heteroatoms. The summed E-state index contributed by atoms with van der Waals surface area (Å²) in [6.07, 6.45) is 1.58. The topological polar surface area (TPSA) is 135 Å². The van der Waals surface area contributed by atoms with Crippen LogP contribution in [0.2, 0.25) is 5.02 Å². The number of sulfonamides is 1. The molecule has 0 spiro atoms. The van der Waals surface area contributed by atoms with Gasteiger partial charge in [-0.15, -0.1) is 0 Å². The van der Waals surface area contributed by atoms with Crippen molar-refractivity contribution in [1.82, 2.24) is 14.3 Å². The number of aliphatic imine (C=N–C) groups is 1. The van der Waals surface area contributed by atoms with Crippen molar-refractivity contribution in [2.45, 2.75) is 40.7 Å². The first-order chi connectivity index (χ1) is 24.8. The first kappa shape index (κ1) is 38.2. The molecule has 1 heterocycles. The van der Waals surface area contributed by atoms with Gasteiger partial charge in [0.05, 0.1) is 40.2 Å². The summed E-state index contributed by atoms with van der Waals surface area (Å²) in [6.45, 7) is 9.75. The van der Waals surface area contributed by atoms with Crippen molar-refractivity contribution in [3.8, 4) is 5.75 Å². The molecule has 0 bridgehead atoms. The normalized spacial score (nSPS) is 11.8. The number of para-hydroxylation sites is 2. The van der Waals surface area contributed by atoms with E-state index in [0.29, 0.717) is 53.4 Å². The van der Waals surface area contributed by atoms with E-state index in [9.17, 15) is 18.0 Å². The molecule has 0 fully saturated rings. The highest BCUT2D eigenvalue weighted by molar-refractivity contribution is 7.88. The lowest BCUT2D eigenvalue weighted by Crippen LogP contribution is -2.34. The van der Waals surface area contributed by atoms with Gasteiger partial charge in [0.2, 0.25) is 10.0 Å². The van der Waals surface area contributed by atoms with E-state index in [-0.39, 0.29) is 30.2 Å². The summed E-state index contributed by atoms with van der Waals surface area (Å²) >= 11 is 6.43. The number of carbonyl (C=O) groups excluding carboxylic acids is 1. The Morgan fingerprint density at radius 3 is 2.44 bits per heavy atom. The lowest BCUT2D eigenvalue weighted by molar-refractivity contribution is -0.110. The maximum absolute atomic E-state index is 14.2. The van der Waals surface area contributed by atoms with Crippen LogP contribution in [-0.2, 0) is 21.4 Å². The lowest BCUT2D eigenvalue weighted by Gasteiger charge is -2.24. The largest absolute Gasteiger partial charge is 0.493 e. The summed E-state index contributed by atoms with van der Waals surface area (Å²) in [5.74, 6) is 0.273. The Kier molecular flexibility index (Phi) is 12.5. The third-order valence-electron chi connectivity index (χ3n) is 8.43. The first-order valence-electron chi connectivity index (χ1n) is 17.0. The van der Waals surface area contributed by atoms with Gasteiger partial charge < -0.3 is 15.0 Å². The minimum Gasteiger partial charge on any atom is -0.493 e. The third-order valence-corrected chi connectivity index (χ3v) is 9.49. The number of aryl methyl sites for hydroxylation is 3. The average molecular weight is 743 g/mol. The molecule has 0 aliphatic rings. The number of hydrogen-bond donors (Lipinski definition) is 2. The fraction of sp³-hybridized carbons (Fsp3) is 0.282. The summed E-state index contributed by atoms with van der Waals surface area (Å²) in [4.78, 5) is 40.1. The Morgan fingerprint density at radius 1 is 0.981 bits per heavy atom. The van der Waals surface area contributed by atoms with Gasteiger partial charge in [0, 0.05) is 31.9 Å². The number of nitrogens with zero attached hydrogens (tertiary/aromatic N) is 4. The lowest BCUT2D eigenvalue weighted by atomic mass is 10.1. The molecule has 0 saturated carbocycles. The summed E-state index contributed by atoms with van der Waals surface area (Å²) in [5.41, 5.74) is 4.70. The molecule has 0 aliphatic carbocycles. The maximum atomic E-state index is 14.2. The average Bonchev–Trinajstić information content (AvgIpc) is 3.10. The van der Waals surface area contributed by atoms with Crippen molar-refractivity contribution in [3.63, 3.8) is 0 Å². The zero-order valence-corrected chi connectivity index (χ0v) is 31.5. The van der Waals surface area contributed by atoms with Crippen LogP contribution in [0.1, 0.15) is 35.9 Å². The van der Waals surface area contributed by atoms with Crippen LogP contribution >= 0.6 is 11.6 Å². The predicted molar refractivity (Wildman–Crippen MR) is 210 cm³/mol. The molecule has 272 valence electrons. The van der Waals surface area contributed by atoms with Gasteiger partial charge >= 0.3 is 0 Å². The van der Waals surface area contributed by atoms with E-state index >= 15 is 0 Å². The molecule has 1 aromatic heterocycles. The minimum absolute atomic E-state index is 0.0707. The van der Waals surface area contributed by atoms with Crippen LogP contribution in [0.4, 0.5) is 17.1 Å². The first-order valence-corrected chi connectivity index (χ1v) is 19.3. The van der Waals surface area contributed by atoms with Crippen LogP contribution in [0.5, 0.6) is 5.75 Å². The molecule has 0 unspecified atom stereocenters. The van der Waals surface area contributed by atoms with Crippen molar-refractivity contribution in [1.29, 1.82) is 0 Å². The molecular formula is C39H43ClN6O5S. The summed E-state index contributed by atoms with van der Waals surface area (Å²) < 4.78 is 33.3. The molecule has 2 N–H and O–H groups in total. The number of nitrogens with one attached hydrogen (secondary N) is 2. The van der Waals surface area contributed by atoms with E-state index < -0.39 is 15.9 Å². The Morgan fingerprint density at radius 2 is 1.73 bits per heavy atom. The number of ether oxygens (including phenoxy) is 1. The number of rotatable bonds is 15. The SMILES string of the molecule is CCN(CCNS(C)(=O)=O)c1ccc(N=C(C(=O)Nc2ccccc2Cl)c2nc3ccccc3c(=O)n2CCCOc2ccc(C)cc2C)c(C)c1. The number of aromatic nitrogens is 2. The molecular weight excluding hydrogens is 700 g/mol. The Labute approximate surface area is 309 Å². The van der Waals surface area contributed by atoms with Crippen molar-refractivity contribution < 1.29 is 17.9 Å². The van der Waals surface area contributed by atoms with E-state index in [2.05, 4.69) is 16.1 Å². The van der Waals surface area contributed by atoms with Gasteiger partial charge in [-0.25, -0.2) is 23.1 Å². The van der Waals surface area contributed by atoms with Gasteiger partial charge in [0.15, 0.2) is 11.5 Å². The molecule has 0 saturated heterocycles. The number of anilines is 2. The predicted octanol–water partition coefficient (Wildman–Crippen LogP) is 6.58. The zero-order valence-electron chi connectivity index (χ0n) is 29.9. The highest BCUT2D eigenvalue weighted by Crippen LogP contribution is 2.27. The van der Waals surface area contributed by atoms with Crippen molar-refractivity contribution >= 4 is 61.2 Å². The number of carbonyl (C=O) groups is 1. The highest BCUT2D eigenvalue weighted by atomic mass is 35.5. The molecule has 5 rings (SSSR count). The van der Waals surface area contributed by atoms with Crippen LogP contribution in [0, 0.1) is 20.8 Å². The smallest absolute Gasteiger partial charge is 0.278 e. The second-order valence-corrected chi connectivity index (χ2v) is 14.7. The fourth-order valence-corrected chi connectivity index (χ4v) is 6.43. The van der Waals surface area contributed by atoms with Gasteiger partial charge in [0.25, 0.3) is 11.5 Å². The number of hydrogen-bond acceptors (Lipinski definition) is 8. The second-order valence-electron chi connectivity index (χ2n) is 12.5. The monoisotopic (exact) mass is 742 g/mol. The summed E-state index contributed by atoms with van der Waals surface area (Å²) in [6, 6.07) is 25.4. The molecule has 5 aromatic rings. The van der Waals surface area contributed by atoms with Gasteiger partial charge in [-0.05, 0) is 93.8 Å². The van der Waals surface area contributed by atoms with Crippen LogP contribution in [0.3, 0.4) is 0 Å². The van der Waals surface area contributed by atoms with Gasteiger partial charge in [-0.2, -0.15) is 0 Å². The number of fused-ring (bicyclic) bond motifs is 1. The van der Waals surface area contributed by atoms with E-state index in [1.54, 1.807) is 54.6 Å². The van der Waals surface area contributed by atoms with Crippen LogP contribution < -0.4 is 25.2 Å². The van der Waals surface area contributed by atoms with Crippen LogP contribution in [-0.4, -0.2) is 62.1 Å². The van der Waals surface area contributed by atoms with Gasteiger partial charge in [0.1, 0.15) is 5.75 Å². The summed E-state index contributed by atoms with van der Waals surface area (Å²) in [5, 5.41) is 3.63. The van der Waals surface area contributed by atoms with Crippen molar-refractivity contribution in [2.24, 2.45) is 4.99 Å². The molecule has 0 atom stereocenters. The quantitative estimate of drug-likeness (QED) is 0.0915. The number of likely N-dealkylation sites (N-methyl/N-ethyl adjacent to an activating group) is 1. The maximum Gasteiger partial charge on any atom is 0.278 e. The number of amides is 1. The minimum atomic E-state index is -3.32. The number of benzene rings is 4. The van der Waals surface area contributed by atoms with E-state index in [0.717, 1.165) is 34.4 Å². The molecule has 11 nitrogen and oxygen atoms in total. The zero-order chi connectivity index (χ0) is 37.4. The number of halogens is 1. The van der Waals surface area contributed by atoms with Crippen LogP contribution in [0.25, 0.3) is 10.9 Å². The molecule has 4 aromatic carbocycles. The van der Waals surface area contributed by atoms with Gasteiger partial charge in [-0.1, -0.05) is 53.6 Å². The molecule has 0 radical (unpaired) electrons. The van der Waals surface area contributed by atoms with Gasteiger partial charge in [-0.3, -0.25) is 14.2 Å².